The van der Waals surface area contributed by atoms with E-state index in [1.54, 1.807) is 42.5 Å². The number of allylic oxidation sites excluding steroid dienone is 1. The Labute approximate surface area is 162 Å². The molecule has 7 nitrogen and oxygen atoms in total. The highest BCUT2D eigenvalue weighted by Crippen LogP contribution is 2.39. The first-order valence-electron chi connectivity index (χ1n) is 8.57. The summed E-state index contributed by atoms with van der Waals surface area (Å²) in [5, 5.41) is 13.4. The van der Waals surface area contributed by atoms with Crippen LogP contribution in [0.2, 0.25) is 0 Å². The molecule has 0 saturated heterocycles. The summed E-state index contributed by atoms with van der Waals surface area (Å²) in [4.78, 5) is 24.7. The number of ketones is 1. The highest BCUT2D eigenvalue weighted by atomic mass is 16.5. The van der Waals surface area contributed by atoms with Gasteiger partial charge in [-0.3, -0.25) is 9.59 Å². The Morgan fingerprint density at radius 3 is 2.36 bits per heavy atom. The largest absolute Gasteiger partial charge is 0.493 e. The quantitative estimate of drug-likeness (QED) is 0.714. The number of para-hydroxylation sites is 1. The first-order valence-corrected chi connectivity index (χ1v) is 8.57. The molecule has 0 radical (unpaired) electrons. The molecule has 0 fully saturated rings. The second kappa shape index (κ2) is 7.74. The molecule has 0 bridgehead atoms. The third kappa shape index (κ3) is 3.44. The van der Waals surface area contributed by atoms with Gasteiger partial charge in [-0.15, -0.1) is 0 Å². The summed E-state index contributed by atoms with van der Waals surface area (Å²) in [5.74, 6) is 0.349. The van der Waals surface area contributed by atoms with Crippen LogP contribution >= 0.6 is 0 Å². The van der Waals surface area contributed by atoms with Crippen molar-refractivity contribution in [3.8, 4) is 17.2 Å². The molecule has 1 unspecified atom stereocenters. The molecule has 0 aromatic heterocycles. The van der Waals surface area contributed by atoms with Crippen molar-refractivity contribution in [2.75, 3.05) is 26.6 Å². The van der Waals surface area contributed by atoms with Crippen LogP contribution in [0.5, 0.6) is 17.2 Å². The van der Waals surface area contributed by atoms with Gasteiger partial charge in [-0.25, -0.2) is 0 Å². The maximum Gasteiger partial charge on any atom is 0.261 e. The molecule has 1 aliphatic rings. The molecule has 1 heterocycles. The molecule has 1 atom stereocenters. The molecule has 1 amide bonds. The van der Waals surface area contributed by atoms with Gasteiger partial charge in [0, 0.05) is 11.3 Å². The standard InChI is InChI=1S/C21H21NO6/c1-26-17-10-13(11-18(27-2)19(17)28-3)8-9-14(23)12-21(25)15-6-4-5-7-16(15)22-20(21)24/h4-11,25H,12H2,1-3H3,(H,22,24)/b9-8+. The van der Waals surface area contributed by atoms with E-state index in [2.05, 4.69) is 5.32 Å². The molecular formula is C21H21NO6. The van der Waals surface area contributed by atoms with Crippen molar-refractivity contribution in [2.45, 2.75) is 12.0 Å². The fourth-order valence-electron chi connectivity index (χ4n) is 3.17. The SMILES string of the molecule is COc1cc(/C=C/C(=O)CC2(O)C(=O)Nc3ccccc32)cc(OC)c1OC. The van der Waals surface area contributed by atoms with Crippen molar-refractivity contribution < 1.29 is 28.9 Å². The van der Waals surface area contributed by atoms with Crippen LogP contribution in [-0.2, 0) is 15.2 Å². The minimum Gasteiger partial charge on any atom is -0.493 e. The fourth-order valence-corrected chi connectivity index (χ4v) is 3.17. The average molecular weight is 383 g/mol. The van der Waals surface area contributed by atoms with Gasteiger partial charge >= 0.3 is 0 Å². The lowest BCUT2D eigenvalue weighted by Gasteiger charge is -2.19. The van der Waals surface area contributed by atoms with E-state index in [1.165, 1.54) is 27.4 Å². The number of amides is 1. The zero-order valence-electron chi connectivity index (χ0n) is 15.8. The Balaban J connectivity index is 1.82. The van der Waals surface area contributed by atoms with E-state index in [9.17, 15) is 14.7 Å². The van der Waals surface area contributed by atoms with Crippen molar-refractivity contribution in [2.24, 2.45) is 0 Å². The third-order valence-corrected chi connectivity index (χ3v) is 4.58. The van der Waals surface area contributed by atoms with E-state index < -0.39 is 17.3 Å². The first kappa shape index (κ1) is 19.4. The van der Waals surface area contributed by atoms with Crippen molar-refractivity contribution in [3.63, 3.8) is 0 Å². The number of hydrogen-bond acceptors (Lipinski definition) is 6. The molecule has 28 heavy (non-hydrogen) atoms. The summed E-state index contributed by atoms with van der Waals surface area (Å²) in [6.45, 7) is 0. The van der Waals surface area contributed by atoms with E-state index in [-0.39, 0.29) is 6.42 Å². The van der Waals surface area contributed by atoms with E-state index in [1.807, 2.05) is 0 Å². The first-order chi connectivity index (χ1) is 13.4. The van der Waals surface area contributed by atoms with Crippen LogP contribution in [0.1, 0.15) is 17.5 Å². The number of benzene rings is 2. The number of hydrogen-bond donors (Lipinski definition) is 2. The van der Waals surface area contributed by atoms with Crippen LogP contribution in [0.3, 0.4) is 0 Å². The normalized spacial score (nSPS) is 17.9. The van der Waals surface area contributed by atoms with Gasteiger partial charge in [0.1, 0.15) is 0 Å². The lowest BCUT2D eigenvalue weighted by atomic mass is 9.90. The molecule has 2 N–H and O–H groups in total. The van der Waals surface area contributed by atoms with Crippen molar-refractivity contribution in [3.05, 3.63) is 53.6 Å². The van der Waals surface area contributed by atoms with Gasteiger partial charge in [0.25, 0.3) is 5.91 Å². The van der Waals surface area contributed by atoms with Gasteiger partial charge in [-0.2, -0.15) is 0 Å². The second-order valence-electron chi connectivity index (χ2n) is 6.30. The number of rotatable bonds is 7. The number of methoxy groups -OCH3 is 3. The number of fused-ring (bicyclic) bond motifs is 1. The summed E-state index contributed by atoms with van der Waals surface area (Å²) in [7, 11) is 4.51. The monoisotopic (exact) mass is 383 g/mol. The summed E-state index contributed by atoms with van der Waals surface area (Å²) in [6.07, 6.45) is 2.51. The molecule has 0 saturated carbocycles. The Morgan fingerprint density at radius 2 is 1.75 bits per heavy atom. The van der Waals surface area contributed by atoms with Crippen molar-refractivity contribution in [1.29, 1.82) is 0 Å². The second-order valence-corrected chi connectivity index (χ2v) is 6.30. The van der Waals surface area contributed by atoms with Crippen LogP contribution in [0.15, 0.2) is 42.5 Å². The Bertz CT molecular complexity index is 927. The van der Waals surface area contributed by atoms with Gasteiger partial charge in [0.2, 0.25) is 5.75 Å². The summed E-state index contributed by atoms with van der Waals surface area (Å²) in [5.41, 5.74) is -0.329. The summed E-state index contributed by atoms with van der Waals surface area (Å²) in [6, 6.07) is 10.1. The van der Waals surface area contributed by atoms with E-state index in [4.69, 9.17) is 14.2 Å². The number of carbonyl (C=O) groups excluding carboxylic acids is 2. The summed E-state index contributed by atoms with van der Waals surface area (Å²) < 4.78 is 15.8. The van der Waals surface area contributed by atoms with E-state index in [0.717, 1.165) is 0 Å². The fraction of sp³-hybridized carbons (Fsp3) is 0.238. The Morgan fingerprint density at radius 1 is 1.11 bits per heavy atom. The molecular weight excluding hydrogens is 362 g/mol. The molecule has 0 aliphatic carbocycles. The predicted molar refractivity (Wildman–Crippen MR) is 104 cm³/mol. The Hall–Kier alpha value is -3.32. The Kier molecular flexibility index (Phi) is 5.37. The minimum absolute atomic E-state index is 0.364. The zero-order valence-corrected chi connectivity index (χ0v) is 15.8. The number of aliphatic hydroxyl groups is 1. The summed E-state index contributed by atoms with van der Waals surface area (Å²) >= 11 is 0. The van der Waals surface area contributed by atoms with Crippen LogP contribution in [-0.4, -0.2) is 38.1 Å². The highest BCUT2D eigenvalue weighted by molar-refractivity contribution is 6.08. The lowest BCUT2D eigenvalue weighted by Crippen LogP contribution is -2.36. The van der Waals surface area contributed by atoms with Crippen molar-refractivity contribution in [1.82, 2.24) is 0 Å². The van der Waals surface area contributed by atoms with E-state index in [0.29, 0.717) is 34.1 Å². The highest BCUT2D eigenvalue weighted by Gasteiger charge is 2.46. The zero-order chi connectivity index (χ0) is 20.3. The van der Waals surface area contributed by atoms with Gasteiger partial charge in [-0.1, -0.05) is 24.3 Å². The number of carbonyl (C=O) groups is 2. The minimum atomic E-state index is -1.88. The van der Waals surface area contributed by atoms with Crippen LogP contribution in [0, 0.1) is 0 Å². The lowest BCUT2D eigenvalue weighted by molar-refractivity contribution is -0.138. The third-order valence-electron chi connectivity index (χ3n) is 4.58. The molecule has 3 rings (SSSR count). The van der Waals surface area contributed by atoms with Gasteiger partial charge in [-0.05, 0) is 29.8 Å². The van der Waals surface area contributed by atoms with Gasteiger partial charge < -0.3 is 24.6 Å². The van der Waals surface area contributed by atoms with Crippen molar-refractivity contribution >= 4 is 23.5 Å². The van der Waals surface area contributed by atoms with E-state index >= 15 is 0 Å². The number of ether oxygens (including phenoxy) is 3. The molecule has 2 aromatic carbocycles. The van der Waals surface area contributed by atoms with Crippen LogP contribution in [0.4, 0.5) is 5.69 Å². The maximum absolute atomic E-state index is 12.5. The van der Waals surface area contributed by atoms with Gasteiger partial charge in [0.05, 0.1) is 27.8 Å². The number of nitrogens with one attached hydrogen (secondary N) is 1. The molecule has 2 aromatic rings. The molecule has 1 aliphatic heterocycles. The van der Waals surface area contributed by atoms with Crippen LogP contribution < -0.4 is 19.5 Å². The van der Waals surface area contributed by atoms with Gasteiger partial charge in [0.15, 0.2) is 22.9 Å². The maximum atomic E-state index is 12.5. The van der Waals surface area contributed by atoms with Crippen LogP contribution in [0.25, 0.3) is 6.08 Å². The molecule has 146 valence electrons. The smallest absolute Gasteiger partial charge is 0.261 e. The average Bonchev–Trinajstić information content (AvgIpc) is 2.95. The predicted octanol–water partition coefficient (Wildman–Crippen LogP) is 2.52. The topological polar surface area (TPSA) is 94.1 Å². The number of anilines is 1. The molecule has 7 heteroatoms. The molecule has 0 spiro atoms.